The molecule has 3 atom stereocenters. The van der Waals surface area contributed by atoms with Crippen LogP contribution in [0.2, 0.25) is 0 Å². The Morgan fingerprint density at radius 3 is 2.32 bits per heavy atom. The number of aryl methyl sites for hydroxylation is 2. The largest absolute Gasteiger partial charge is 0.433 e. The number of piperidine rings is 1. The monoisotopic (exact) mass is 770 g/mol. The van der Waals surface area contributed by atoms with Crippen molar-refractivity contribution < 1.29 is 37.1 Å². The number of carbonyl (C=O) groups excluding carboxylic acids is 5. The molecule has 56 heavy (non-hydrogen) atoms. The molecule has 14 heteroatoms. The summed E-state index contributed by atoms with van der Waals surface area (Å²) in [5.74, 6) is -1.19. The van der Waals surface area contributed by atoms with Gasteiger partial charge < -0.3 is 4.90 Å². The molecule has 2 aliphatic heterocycles. The Morgan fingerprint density at radius 1 is 0.911 bits per heavy atom. The van der Waals surface area contributed by atoms with E-state index < -0.39 is 40.4 Å². The van der Waals surface area contributed by atoms with E-state index in [1.807, 2.05) is 26.0 Å². The van der Waals surface area contributed by atoms with E-state index in [0.29, 0.717) is 66.1 Å². The molecule has 3 aliphatic rings. The summed E-state index contributed by atoms with van der Waals surface area (Å²) in [6.45, 7) is 8.02. The Labute approximate surface area is 322 Å². The predicted octanol–water partition coefficient (Wildman–Crippen LogP) is 7.28. The van der Waals surface area contributed by atoms with Crippen molar-refractivity contribution in [2.24, 2.45) is 10.8 Å². The number of Topliss-reactive ketones (excluding diaryl/α,β-unsaturated/α-hetero) is 4. The lowest BCUT2D eigenvalue weighted by atomic mass is 9.79. The number of rotatable bonds is 6. The number of hydrogen-bond donors (Lipinski definition) is 0. The van der Waals surface area contributed by atoms with Gasteiger partial charge in [-0.05, 0) is 85.8 Å². The zero-order valence-electron chi connectivity index (χ0n) is 32.3. The van der Waals surface area contributed by atoms with Crippen molar-refractivity contribution >= 4 is 39.9 Å². The Hall–Kier alpha value is -5.14. The number of hydrogen-bond acceptors (Lipinski definition) is 9. The molecule has 2 bridgehead atoms. The van der Waals surface area contributed by atoms with Crippen LogP contribution < -0.4 is 0 Å². The summed E-state index contributed by atoms with van der Waals surface area (Å²) >= 11 is 0. The number of amides is 1. The van der Waals surface area contributed by atoms with Crippen LogP contribution in [0, 0.1) is 17.8 Å². The Morgan fingerprint density at radius 2 is 1.64 bits per heavy atom. The van der Waals surface area contributed by atoms with Gasteiger partial charge in [-0.2, -0.15) is 18.3 Å². The third kappa shape index (κ3) is 7.41. The second-order valence-corrected chi connectivity index (χ2v) is 16.5. The first-order valence-corrected chi connectivity index (χ1v) is 19.2. The lowest BCUT2D eigenvalue weighted by molar-refractivity contribution is -0.141. The van der Waals surface area contributed by atoms with Crippen LogP contribution in [0.15, 0.2) is 36.7 Å². The van der Waals surface area contributed by atoms with Crippen LogP contribution in [-0.4, -0.2) is 70.8 Å². The minimum absolute atomic E-state index is 0.00387. The van der Waals surface area contributed by atoms with Gasteiger partial charge in [0.1, 0.15) is 23.7 Å². The molecule has 1 saturated carbocycles. The lowest BCUT2D eigenvalue weighted by Crippen LogP contribution is -2.45. The molecular weight excluding hydrogens is 725 g/mol. The SMILES string of the molecule is CC(=O)c1ncc(-c2cc3c4c(c2)c(C(C)=O)nn4CC(=O)N2[C@H](C(=O)Cc4nc(C(F)(F)F)ccc4C)C[C@@]4(CCC(=O)C(C)(C)CCCCC3)C[C@@H]24)cn1. The summed E-state index contributed by atoms with van der Waals surface area (Å²) < 4.78 is 42.3. The van der Waals surface area contributed by atoms with E-state index in [4.69, 9.17) is 0 Å². The molecule has 4 aromatic rings. The van der Waals surface area contributed by atoms with Gasteiger partial charge in [0.25, 0.3) is 0 Å². The smallest absolute Gasteiger partial charge is 0.327 e. The summed E-state index contributed by atoms with van der Waals surface area (Å²) in [7, 11) is 0. The number of aromatic nitrogens is 5. The average Bonchev–Trinajstić information content (AvgIpc) is 3.55. The normalized spacial score (nSPS) is 22.8. The molecule has 3 aromatic heterocycles. The van der Waals surface area contributed by atoms with Crippen LogP contribution in [0.25, 0.3) is 22.0 Å². The first kappa shape index (κ1) is 39.1. The molecule has 2 fully saturated rings. The van der Waals surface area contributed by atoms with E-state index in [2.05, 4.69) is 20.1 Å². The van der Waals surface area contributed by atoms with Gasteiger partial charge >= 0.3 is 6.18 Å². The van der Waals surface area contributed by atoms with E-state index in [0.717, 1.165) is 30.9 Å². The molecule has 1 aromatic carbocycles. The molecule has 0 unspecified atom stereocenters. The number of pyridine rings is 1. The molecule has 0 radical (unpaired) electrons. The number of benzene rings is 1. The Balaban J connectivity index is 1.30. The molecule has 0 spiro atoms. The van der Waals surface area contributed by atoms with Gasteiger partial charge in [0.05, 0.1) is 23.7 Å². The molecule has 294 valence electrons. The van der Waals surface area contributed by atoms with Crippen LogP contribution in [0.5, 0.6) is 0 Å². The lowest BCUT2D eigenvalue weighted by Gasteiger charge is -2.27. The van der Waals surface area contributed by atoms with Crippen molar-refractivity contribution in [2.45, 2.75) is 124 Å². The highest BCUT2D eigenvalue weighted by Gasteiger charge is 2.66. The second kappa shape index (κ2) is 14.4. The van der Waals surface area contributed by atoms with E-state index in [1.165, 1.54) is 24.6 Å². The first-order chi connectivity index (χ1) is 26.4. The molecular formula is C42H45F3N6O5. The van der Waals surface area contributed by atoms with E-state index >= 15 is 0 Å². The molecule has 0 N–H and O–H groups in total. The number of alkyl halides is 3. The molecule has 7 rings (SSSR count). The second-order valence-electron chi connectivity index (χ2n) is 16.5. The van der Waals surface area contributed by atoms with Crippen molar-refractivity contribution in [3.63, 3.8) is 0 Å². The molecule has 11 nitrogen and oxygen atoms in total. The van der Waals surface area contributed by atoms with Crippen LogP contribution in [0.1, 0.15) is 123 Å². The topological polar surface area (TPSA) is 145 Å². The fourth-order valence-corrected chi connectivity index (χ4v) is 8.72. The molecule has 1 saturated heterocycles. The summed E-state index contributed by atoms with van der Waals surface area (Å²) in [4.78, 5) is 81.2. The third-order valence-electron chi connectivity index (χ3n) is 12.1. The molecule has 1 aliphatic carbocycles. The highest BCUT2D eigenvalue weighted by atomic mass is 19.4. The summed E-state index contributed by atoms with van der Waals surface area (Å²) in [6.07, 6.45) is 3.42. The van der Waals surface area contributed by atoms with Gasteiger partial charge in [0.2, 0.25) is 5.91 Å². The minimum Gasteiger partial charge on any atom is -0.327 e. The maximum Gasteiger partial charge on any atom is 0.433 e. The average molecular weight is 771 g/mol. The van der Waals surface area contributed by atoms with Gasteiger partial charge in [-0.15, -0.1) is 0 Å². The highest BCUT2D eigenvalue weighted by Crippen LogP contribution is 2.62. The van der Waals surface area contributed by atoms with Crippen LogP contribution >= 0.6 is 0 Å². The number of ketones is 4. The van der Waals surface area contributed by atoms with Gasteiger partial charge in [0.15, 0.2) is 23.2 Å². The van der Waals surface area contributed by atoms with Crippen molar-refractivity contribution in [2.75, 3.05) is 0 Å². The van der Waals surface area contributed by atoms with Gasteiger partial charge in [-0.3, -0.25) is 28.7 Å². The predicted molar refractivity (Wildman–Crippen MR) is 200 cm³/mol. The van der Waals surface area contributed by atoms with Crippen LogP contribution in [-0.2, 0) is 39.9 Å². The van der Waals surface area contributed by atoms with Crippen molar-refractivity contribution in [3.05, 3.63) is 70.7 Å². The quantitative estimate of drug-likeness (QED) is 0.185. The van der Waals surface area contributed by atoms with E-state index in [-0.39, 0.29) is 53.6 Å². The minimum atomic E-state index is -4.69. The fourth-order valence-electron chi connectivity index (χ4n) is 8.72. The zero-order valence-corrected chi connectivity index (χ0v) is 32.3. The Kier molecular flexibility index (Phi) is 10.1. The first-order valence-electron chi connectivity index (χ1n) is 19.2. The zero-order chi connectivity index (χ0) is 40.3. The summed E-state index contributed by atoms with van der Waals surface area (Å²) in [5, 5.41) is 5.23. The number of carbonyl (C=O) groups is 5. The number of halogens is 3. The summed E-state index contributed by atoms with van der Waals surface area (Å²) in [5.41, 5.74) is 1.26. The van der Waals surface area contributed by atoms with Gasteiger partial charge in [-0.25, -0.2) is 15.0 Å². The van der Waals surface area contributed by atoms with Crippen molar-refractivity contribution in [1.82, 2.24) is 29.6 Å². The van der Waals surface area contributed by atoms with Crippen LogP contribution in [0.4, 0.5) is 13.2 Å². The van der Waals surface area contributed by atoms with Gasteiger partial charge in [0, 0.05) is 55.1 Å². The van der Waals surface area contributed by atoms with Gasteiger partial charge in [-0.1, -0.05) is 32.8 Å². The summed E-state index contributed by atoms with van der Waals surface area (Å²) in [6, 6.07) is 4.69. The Bertz CT molecular complexity index is 2280. The standard InChI is InChI=1S/C42H45F3N6O5/c1-23-10-11-33(42(43,44)45)48-30(23)17-32(54)31-18-41-14-12-35(55)40(4,5)13-8-6-7-9-26-15-27(28-20-46-39(25(3)53)47-21-28)16-29-37(24(2)52)49-50(38(26)29)22-36(56)51(31)34(41)19-41/h10-11,15-16,20-21,31,34H,6-9,12-14,17-19,22H2,1-5H3/t31-,34+,41-/m0/s1. The number of nitrogens with zero attached hydrogens (tertiary/aromatic N) is 6. The maximum atomic E-state index is 14.6. The highest BCUT2D eigenvalue weighted by molar-refractivity contribution is 6.07. The maximum absolute atomic E-state index is 14.6. The van der Waals surface area contributed by atoms with Crippen molar-refractivity contribution in [1.29, 1.82) is 0 Å². The van der Waals surface area contributed by atoms with Crippen molar-refractivity contribution in [3.8, 4) is 11.1 Å². The van der Waals surface area contributed by atoms with E-state index in [1.54, 1.807) is 24.2 Å². The molecule has 5 heterocycles. The molecule has 1 amide bonds. The fraction of sp³-hybridized carbons (Fsp3) is 0.500. The third-order valence-corrected chi connectivity index (χ3v) is 12.1. The van der Waals surface area contributed by atoms with E-state index in [9.17, 15) is 37.1 Å². The van der Waals surface area contributed by atoms with Crippen LogP contribution in [0.3, 0.4) is 0 Å².